The first-order valence-corrected chi connectivity index (χ1v) is 5.41. The molecule has 0 bridgehead atoms. The van der Waals surface area contributed by atoms with Crippen molar-refractivity contribution in [3.8, 4) is 11.5 Å². The first-order chi connectivity index (χ1) is 7.31. The molecule has 1 atom stereocenters. The van der Waals surface area contributed by atoms with Crippen LogP contribution in [0.15, 0.2) is 18.2 Å². The van der Waals surface area contributed by atoms with Gasteiger partial charge in [0.15, 0.2) is 11.5 Å². The molecule has 1 aromatic carbocycles. The average Bonchev–Trinajstić information content (AvgIpc) is 2.51. The van der Waals surface area contributed by atoms with Crippen molar-refractivity contribution in [3.63, 3.8) is 0 Å². The summed E-state index contributed by atoms with van der Waals surface area (Å²) in [5.41, 5.74) is 6.85. The standard InChI is InChI=1S/C12H17NO2/c1-9(8-13)10-3-4-11-12(7-10)15-6-2-5-14-11/h3-4,7,9H,2,5-6,8,13H2,1H3. The maximum absolute atomic E-state index is 5.64. The molecule has 1 aromatic rings. The Kier molecular flexibility index (Phi) is 3.11. The second-order valence-electron chi connectivity index (χ2n) is 3.89. The van der Waals surface area contributed by atoms with E-state index in [1.165, 1.54) is 5.56 Å². The number of hydrogen-bond acceptors (Lipinski definition) is 3. The third-order valence-corrected chi connectivity index (χ3v) is 2.69. The van der Waals surface area contributed by atoms with E-state index in [4.69, 9.17) is 15.2 Å². The van der Waals surface area contributed by atoms with Gasteiger partial charge in [0.05, 0.1) is 13.2 Å². The molecule has 0 fully saturated rings. The van der Waals surface area contributed by atoms with Crippen LogP contribution in [0.4, 0.5) is 0 Å². The average molecular weight is 207 g/mol. The molecule has 2 rings (SSSR count). The van der Waals surface area contributed by atoms with E-state index in [1.807, 2.05) is 12.1 Å². The molecule has 1 unspecified atom stereocenters. The minimum Gasteiger partial charge on any atom is -0.490 e. The lowest BCUT2D eigenvalue weighted by Gasteiger charge is -2.12. The summed E-state index contributed by atoms with van der Waals surface area (Å²) in [6, 6.07) is 6.07. The molecule has 0 amide bonds. The van der Waals surface area contributed by atoms with Crippen LogP contribution >= 0.6 is 0 Å². The van der Waals surface area contributed by atoms with Gasteiger partial charge in [0, 0.05) is 6.42 Å². The van der Waals surface area contributed by atoms with Crippen molar-refractivity contribution in [3.05, 3.63) is 23.8 Å². The summed E-state index contributed by atoms with van der Waals surface area (Å²) in [6.07, 6.45) is 0.941. The van der Waals surface area contributed by atoms with Crippen molar-refractivity contribution < 1.29 is 9.47 Å². The van der Waals surface area contributed by atoms with Crippen molar-refractivity contribution in [2.45, 2.75) is 19.3 Å². The molecule has 0 aliphatic carbocycles. The van der Waals surface area contributed by atoms with Gasteiger partial charge in [0.25, 0.3) is 0 Å². The number of ether oxygens (including phenoxy) is 2. The van der Waals surface area contributed by atoms with Crippen LogP contribution in [0.5, 0.6) is 11.5 Å². The minimum atomic E-state index is 0.363. The van der Waals surface area contributed by atoms with E-state index in [2.05, 4.69) is 13.0 Å². The Hall–Kier alpha value is -1.22. The highest BCUT2D eigenvalue weighted by Gasteiger charge is 2.12. The van der Waals surface area contributed by atoms with E-state index in [9.17, 15) is 0 Å². The second kappa shape index (κ2) is 4.53. The molecular weight excluding hydrogens is 190 g/mol. The molecule has 82 valence electrons. The van der Waals surface area contributed by atoms with Crippen molar-refractivity contribution in [1.29, 1.82) is 0 Å². The van der Waals surface area contributed by atoms with Crippen molar-refractivity contribution in [1.82, 2.24) is 0 Å². The highest BCUT2D eigenvalue weighted by atomic mass is 16.5. The molecule has 0 aromatic heterocycles. The van der Waals surface area contributed by atoms with Gasteiger partial charge in [-0.3, -0.25) is 0 Å². The molecular formula is C12H17NO2. The maximum atomic E-state index is 5.64. The summed E-state index contributed by atoms with van der Waals surface area (Å²) in [4.78, 5) is 0. The van der Waals surface area contributed by atoms with Crippen LogP contribution in [0.2, 0.25) is 0 Å². The lowest BCUT2D eigenvalue weighted by Crippen LogP contribution is -2.09. The van der Waals surface area contributed by atoms with Gasteiger partial charge in [-0.1, -0.05) is 13.0 Å². The first kappa shape index (κ1) is 10.3. The molecule has 3 nitrogen and oxygen atoms in total. The predicted octanol–water partition coefficient (Wildman–Crippen LogP) is 1.91. The van der Waals surface area contributed by atoms with Crippen LogP contribution in [0.1, 0.15) is 24.8 Å². The number of rotatable bonds is 2. The lowest BCUT2D eigenvalue weighted by molar-refractivity contribution is 0.297. The van der Waals surface area contributed by atoms with Gasteiger partial charge in [-0.05, 0) is 30.2 Å². The van der Waals surface area contributed by atoms with Crippen LogP contribution in [-0.2, 0) is 0 Å². The normalized spacial score (nSPS) is 16.9. The molecule has 1 aliphatic rings. The van der Waals surface area contributed by atoms with Crippen molar-refractivity contribution >= 4 is 0 Å². The Morgan fingerprint density at radius 1 is 1.27 bits per heavy atom. The van der Waals surface area contributed by atoms with Gasteiger partial charge in [-0.25, -0.2) is 0 Å². The Morgan fingerprint density at radius 3 is 2.73 bits per heavy atom. The van der Waals surface area contributed by atoms with Crippen LogP contribution in [0.25, 0.3) is 0 Å². The largest absolute Gasteiger partial charge is 0.490 e. The molecule has 2 N–H and O–H groups in total. The fraction of sp³-hybridized carbons (Fsp3) is 0.500. The van der Waals surface area contributed by atoms with E-state index < -0.39 is 0 Å². The SMILES string of the molecule is CC(CN)c1ccc2c(c1)OCCCO2. The van der Waals surface area contributed by atoms with Crippen LogP contribution in [0.3, 0.4) is 0 Å². The molecule has 0 saturated carbocycles. The summed E-state index contributed by atoms with van der Waals surface area (Å²) in [5.74, 6) is 2.06. The van der Waals surface area contributed by atoms with Crippen molar-refractivity contribution in [2.24, 2.45) is 5.73 Å². The Balaban J connectivity index is 2.27. The zero-order valence-corrected chi connectivity index (χ0v) is 9.03. The van der Waals surface area contributed by atoms with Gasteiger partial charge in [-0.2, -0.15) is 0 Å². The molecule has 15 heavy (non-hydrogen) atoms. The summed E-state index contributed by atoms with van der Waals surface area (Å²) < 4.78 is 11.2. The van der Waals surface area contributed by atoms with Gasteiger partial charge in [0.2, 0.25) is 0 Å². The van der Waals surface area contributed by atoms with E-state index in [0.717, 1.165) is 31.1 Å². The minimum absolute atomic E-state index is 0.363. The number of nitrogens with two attached hydrogens (primary N) is 1. The topological polar surface area (TPSA) is 44.5 Å². The molecule has 1 heterocycles. The van der Waals surface area contributed by atoms with Gasteiger partial charge >= 0.3 is 0 Å². The highest BCUT2D eigenvalue weighted by Crippen LogP contribution is 2.32. The Labute approximate surface area is 90.2 Å². The third kappa shape index (κ3) is 2.23. The van der Waals surface area contributed by atoms with Crippen LogP contribution in [-0.4, -0.2) is 19.8 Å². The smallest absolute Gasteiger partial charge is 0.161 e. The third-order valence-electron chi connectivity index (χ3n) is 2.69. The highest BCUT2D eigenvalue weighted by molar-refractivity contribution is 5.44. The molecule has 0 radical (unpaired) electrons. The van der Waals surface area contributed by atoms with E-state index in [1.54, 1.807) is 0 Å². The number of benzene rings is 1. The number of hydrogen-bond donors (Lipinski definition) is 1. The summed E-state index contributed by atoms with van der Waals surface area (Å²) in [7, 11) is 0. The Bertz CT molecular complexity index is 338. The summed E-state index contributed by atoms with van der Waals surface area (Å²) >= 11 is 0. The maximum Gasteiger partial charge on any atom is 0.161 e. The molecule has 0 saturated heterocycles. The van der Waals surface area contributed by atoms with Crippen LogP contribution < -0.4 is 15.2 Å². The first-order valence-electron chi connectivity index (χ1n) is 5.41. The second-order valence-corrected chi connectivity index (χ2v) is 3.89. The van der Waals surface area contributed by atoms with E-state index in [0.29, 0.717) is 12.5 Å². The van der Waals surface area contributed by atoms with Gasteiger partial charge in [-0.15, -0.1) is 0 Å². The van der Waals surface area contributed by atoms with Gasteiger partial charge in [0.1, 0.15) is 0 Å². The lowest BCUT2D eigenvalue weighted by atomic mass is 10.0. The predicted molar refractivity (Wildman–Crippen MR) is 59.5 cm³/mol. The molecule has 1 aliphatic heterocycles. The fourth-order valence-corrected chi connectivity index (χ4v) is 1.62. The number of fused-ring (bicyclic) bond motifs is 1. The molecule has 3 heteroatoms. The summed E-state index contributed by atoms with van der Waals surface area (Å²) in [6.45, 7) is 4.23. The van der Waals surface area contributed by atoms with E-state index >= 15 is 0 Å². The Morgan fingerprint density at radius 2 is 2.00 bits per heavy atom. The van der Waals surface area contributed by atoms with E-state index in [-0.39, 0.29) is 0 Å². The summed E-state index contributed by atoms with van der Waals surface area (Å²) in [5, 5.41) is 0. The zero-order chi connectivity index (χ0) is 10.7. The quantitative estimate of drug-likeness (QED) is 0.805. The monoisotopic (exact) mass is 207 g/mol. The fourth-order valence-electron chi connectivity index (χ4n) is 1.62. The van der Waals surface area contributed by atoms with Crippen LogP contribution in [0, 0.1) is 0 Å². The molecule has 0 spiro atoms. The zero-order valence-electron chi connectivity index (χ0n) is 9.03. The van der Waals surface area contributed by atoms with Gasteiger partial charge < -0.3 is 15.2 Å². The van der Waals surface area contributed by atoms with Crippen molar-refractivity contribution in [2.75, 3.05) is 19.8 Å².